The maximum Gasteiger partial charge on any atom is 0.0955 e. The van der Waals surface area contributed by atoms with Crippen molar-refractivity contribution in [2.75, 3.05) is 0 Å². The lowest BCUT2D eigenvalue weighted by atomic mass is 10.1. The largest absolute Gasteiger partial charge is 0.324 e. The zero-order chi connectivity index (χ0) is 13.1. The van der Waals surface area contributed by atoms with Gasteiger partial charge in [-0.1, -0.05) is 80.6 Å². The Balaban J connectivity index is 1.87. The molecule has 0 aliphatic carbocycles. The number of rotatable bonds is 11. The van der Waals surface area contributed by atoms with Crippen molar-refractivity contribution in [3.63, 3.8) is 0 Å². The molecule has 1 unspecified atom stereocenters. The molecule has 0 aliphatic rings. The number of hydrogen-bond donors (Lipinski definition) is 0. The molecule has 0 bridgehead atoms. The summed E-state index contributed by atoms with van der Waals surface area (Å²) < 4.78 is 2.13. The molecule has 0 spiro atoms. The smallest absolute Gasteiger partial charge is 0.0955 e. The summed E-state index contributed by atoms with van der Waals surface area (Å²) >= 11 is 3.70. The van der Waals surface area contributed by atoms with Gasteiger partial charge in [-0.15, -0.1) is 0 Å². The van der Waals surface area contributed by atoms with Crippen LogP contribution in [0.15, 0.2) is 18.7 Å². The molecule has 1 rings (SSSR count). The van der Waals surface area contributed by atoms with Crippen LogP contribution in [-0.4, -0.2) is 9.55 Å². The molecule has 1 atom stereocenters. The second kappa shape index (κ2) is 10.6. The van der Waals surface area contributed by atoms with Crippen LogP contribution in [0.2, 0.25) is 0 Å². The lowest BCUT2D eigenvalue weighted by Gasteiger charge is -2.10. The van der Waals surface area contributed by atoms with Crippen molar-refractivity contribution in [2.24, 2.45) is 0 Å². The molecule has 0 amide bonds. The van der Waals surface area contributed by atoms with Crippen molar-refractivity contribution in [3.05, 3.63) is 18.7 Å². The van der Waals surface area contributed by atoms with Crippen molar-refractivity contribution in [2.45, 2.75) is 76.1 Å². The van der Waals surface area contributed by atoms with Gasteiger partial charge in [0.05, 0.1) is 11.3 Å². The molecule has 2 nitrogen and oxygen atoms in total. The predicted molar refractivity (Wildman–Crippen MR) is 82.0 cm³/mol. The second-order valence-electron chi connectivity index (χ2n) is 5.06. The van der Waals surface area contributed by atoms with Gasteiger partial charge in [0.1, 0.15) is 0 Å². The summed E-state index contributed by atoms with van der Waals surface area (Å²) in [5.74, 6) is 0. The zero-order valence-electron chi connectivity index (χ0n) is 11.7. The summed E-state index contributed by atoms with van der Waals surface area (Å²) in [6.07, 6.45) is 19.5. The Bertz CT molecular complexity index is 272. The molecule has 0 radical (unpaired) electrons. The molecule has 0 aromatic carbocycles. The number of unbranched alkanes of at least 4 members (excludes halogenated alkanes) is 8. The van der Waals surface area contributed by atoms with Crippen LogP contribution in [0.1, 0.15) is 76.1 Å². The molecule has 0 saturated heterocycles. The molecular weight excluding hydrogens is 288 g/mol. The van der Waals surface area contributed by atoms with Gasteiger partial charge in [-0.05, 0) is 6.42 Å². The van der Waals surface area contributed by atoms with Crippen molar-refractivity contribution in [1.29, 1.82) is 0 Å². The van der Waals surface area contributed by atoms with E-state index in [0.717, 1.165) is 0 Å². The molecular formula is C15H27BrN2. The minimum Gasteiger partial charge on any atom is -0.324 e. The SMILES string of the molecule is CCCCCCCCCCCC(Br)n1ccnc1. The number of halogens is 1. The van der Waals surface area contributed by atoms with E-state index in [4.69, 9.17) is 0 Å². The van der Waals surface area contributed by atoms with E-state index in [1.54, 1.807) is 0 Å². The zero-order valence-corrected chi connectivity index (χ0v) is 13.2. The van der Waals surface area contributed by atoms with Gasteiger partial charge in [0.25, 0.3) is 0 Å². The average Bonchev–Trinajstić information content (AvgIpc) is 2.90. The van der Waals surface area contributed by atoms with Crippen molar-refractivity contribution in [1.82, 2.24) is 9.55 Å². The van der Waals surface area contributed by atoms with Crippen LogP contribution in [0.25, 0.3) is 0 Å². The molecule has 0 aliphatic heterocycles. The first-order chi connectivity index (χ1) is 8.84. The van der Waals surface area contributed by atoms with Gasteiger partial charge in [0.2, 0.25) is 0 Å². The number of hydrogen-bond acceptors (Lipinski definition) is 1. The Hall–Kier alpha value is -0.310. The highest BCUT2D eigenvalue weighted by Crippen LogP contribution is 2.22. The number of nitrogens with zero attached hydrogens (tertiary/aromatic N) is 2. The van der Waals surface area contributed by atoms with Gasteiger partial charge < -0.3 is 4.57 Å². The minimum absolute atomic E-state index is 0.421. The third-order valence-electron chi connectivity index (χ3n) is 3.39. The van der Waals surface area contributed by atoms with Crippen LogP contribution < -0.4 is 0 Å². The standard InChI is InChI=1S/C15H27BrN2/c1-2-3-4-5-6-7-8-9-10-11-15(16)18-13-12-17-14-18/h12-15H,2-11H2,1H3. The van der Waals surface area contributed by atoms with Crippen molar-refractivity contribution < 1.29 is 0 Å². The van der Waals surface area contributed by atoms with Crippen LogP contribution >= 0.6 is 15.9 Å². The van der Waals surface area contributed by atoms with Crippen LogP contribution in [0.4, 0.5) is 0 Å². The van der Waals surface area contributed by atoms with Crippen LogP contribution in [0.5, 0.6) is 0 Å². The first kappa shape index (κ1) is 15.7. The Morgan fingerprint density at radius 1 is 1.00 bits per heavy atom. The summed E-state index contributed by atoms with van der Waals surface area (Å²) in [4.78, 5) is 4.49. The maximum absolute atomic E-state index is 4.07. The highest BCUT2D eigenvalue weighted by Gasteiger charge is 2.04. The molecule has 0 saturated carbocycles. The summed E-state index contributed by atoms with van der Waals surface area (Å²) in [6.45, 7) is 2.27. The van der Waals surface area contributed by atoms with E-state index in [9.17, 15) is 0 Å². The topological polar surface area (TPSA) is 17.8 Å². The van der Waals surface area contributed by atoms with Crippen LogP contribution in [0, 0.1) is 0 Å². The van der Waals surface area contributed by atoms with E-state index in [2.05, 4.69) is 32.4 Å². The van der Waals surface area contributed by atoms with E-state index in [1.807, 2.05) is 18.7 Å². The minimum atomic E-state index is 0.421. The van der Waals surface area contributed by atoms with Crippen LogP contribution in [0.3, 0.4) is 0 Å². The van der Waals surface area contributed by atoms with Gasteiger partial charge in [0.15, 0.2) is 0 Å². The van der Waals surface area contributed by atoms with Gasteiger partial charge >= 0.3 is 0 Å². The highest BCUT2D eigenvalue weighted by molar-refractivity contribution is 9.09. The van der Waals surface area contributed by atoms with E-state index in [0.29, 0.717) is 4.95 Å². The Kier molecular flexibility index (Phi) is 9.27. The monoisotopic (exact) mass is 314 g/mol. The summed E-state index contributed by atoms with van der Waals surface area (Å²) in [6, 6.07) is 0. The fourth-order valence-corrected chi connectivity index (χ4v) is 2.77. The first-order valence-electron chi connectivity index (χ1n) is 7.46. The molecule has 0 fully saturated rings. The Labute approximate surface area is 120 Å². The lowest BCUT2D eigenvalue weighted by molar-refractivity contribution is 0.532. The average molecular weight is 315 g/mol. The highest BCUT2D eigenvalue weighted by atomic mass is 79.9. The third kappa shape index (κ3) is 7.20. The van der Waals surface area contributed by atoms with Gasteiger partial charge in [0, 0.05) is 12.4 Å². The quantitative estimate of drug-likeness (QED) is 0.378. The summed E-state index contributed by atoms with van der Waals surface area (Å²) in [5, 5.41) is 0. The number of alkyl halides is 1. The normalized spacial score (nSPS) is 12.8. The number of imidazole rings is 1. The molecule has 1 aromatic heterocycles. The Morgan fingerprint density at radius 2 is 1.61 bits per heavy atom. The summed E-state index contributed by atoms with van der Waals surface area (Å²) in [5.41, 5.74) is 0. The maximum atomic E-state index is 4.07. The molecule has 3 heteroatoms. The molecule has 18 heavy (non-hydrogen) atoms. The second-order valence-corrected chi connectivity index (χ2v) is 6.12. The summed E-state index contributed by atoms with van der Waals surface area (Å²) in [7, 11) is 0. The predicted octanol–water partition coefficient (Wildman–Crippen LogP) is 5.70. The fraction of sp³-hybridized carbons (Fsp3) is 0.800. The van der Waals surface area contributed by atoms with E-state index < -0.39 is 0 Å². The lowest BCUT2D eigenvalue weighted by Crippen LogP contribution is -1.98. The van der Waals surface area contributed by atoms with E-state index >= 15 is 0 Å². The Morgan fingerprint density at radius 3 is 2.17 bits per heavy atom. The third-order valence-corrected chi connectivity index (χ3v) is 4.32. The van der Waals surface area contributed by atoms with Crippen molar-refractivity contribution in [3.8, 4) is 0 Å². The van der Waals surface area contributed by atoms with Gasteiger partial charge in [-0.3, -0.25) is 0 Å². The molecule has 104 valence electrons. The van der Waals surface area contributed by atoms with Gasteiger partial charge in [-0.25, -0.2) is 4.98 Å². The molecule has 1 heterocycles. The molecule has 0 N–H and O–H groups in total. The van der Waals surface area contributed by atoms with Crippen molar-refractivity contribution >= 4 is 15.9 Å². The fourth-order valence-electron chi connectivity index (χ4n) is 2.21. The number of aromatic nitrogens is 2. The molecule has 1 aromatic rings. The van der Waals surface area contributed by atoms with E-state index in [1.165, 1.54) is 64.2 Å². The van der Waals surface area contributed by atoms with Gasteiger partial charge in [-0.2, -0.15) is 0 Å². The van der Waals surface area contributed by atoms with E-state index in [-0.39, 0.29) is 0 Å². The first-order valence-corrected chi connectivity index (χ1v) is 8.37. The van der Waals surface area contributed by atoms with Crippen LogP contribution in [-0.2, 0) is 0 Å².